The van der Waals surface area contributed by atoms with Gasteiger partial charge in [-0.05, 0) is 29.7 Å². The van der Waals surface area contributed by atoms with Gasteiger partial charge in [-0.3, -0.25) is 0 Å². The summed E-state index contributed by atoms with van der Waals surface area (Å²) in [6.45, 7) is 4.34. The fourth-order valence-corrected chi connectivity index (χ4v) is 3.77. The summed E-state index contributed by atoms with van der Waals surface area (Å²) in [5.41, 5.74) is 5.60. The first-order valence-corrected chi connectivity index (χ1v) is 8.21. The third-order valence-corrected chi connectivity index (χ3v) is 4.97. The second kappa shape index (κ2) is 5.58. The molecule has 23 heavy (non-hydrogen) atoms. The molecule has 1 aliphatic rings. The van der Waals surface area contributed by atoms with E-state index >= 15 is 0 Å². The molecule has 0 unspecified atom stereocenters. The summed E-state index contributed by atoms with van der Waals surface area (Å²) < 4.78 is 0. The molecular formula is C22H21N. The fraction of sp³-hybridized carbons (Fsp3) is 0.182. The van der Waals surface area contributed by atoms with Crippen molar-refractivity contribution in [3.8, 4) is 0 Å². The Morgan fingerprint density at radius 2 is 1.39 bits per heavy atom. The largest absolute Gasteiger partial charge is 0.366 e. The number of anilines is 1. The summed E-state index contributed by atoms with van der Waals surface area (Å²) in [6.07, 6.45) is 0. The molecule has 1 atom stereocenters. The minimum Gasteiger partial charge on any atom is -0.366 e. The minimum absolute atomic E-state index is 0.0482. The molecule has 1 heteroatoms. The second-order valence-electron chi connectivity index (χ2n) is 6.56. The van der Waals surface area contributed by atoms with Crippen molar-refractivity contribution < 1.29 is 0 Å². The van der Waals surface area contributed by atoms with Crippen molar-refractivity contribution >= 4 is 5.69 Å². The van der Waals surface area contributed by atoms with Crippen LogP contribution < -0.4 is 4.90 Å². The van der Waals surface area contributed by atoms with Crippen molar-refractivity contribution in [1.82, 2.24) is 0 Å². The van der Waals surface area contributed by atoms with Crippen molar-refractivity contribution in [2.45, 2.75) is 18.9 Å². The van der Waals surface area contributed by atoms with Gasteiger partial charge >= 0.3 is 0 Å². The lowest BCUT2D eigenvalue weighted by atomic mass is 9.78. The summed E-state index contributed by atoms with van der Waals surface area (Å²) in [5, 5.41) is 0. The second-order valence-corrected chi connectivity index (χ2v) is 6.56. The van der Waals surface area contributed by atoms with Gasteiger partial charge in [-0.2, -0.15) is 0 Å². The van der Waals surface area contributed by atoms with Crippen LogP contribution >= 0.6 is 0 Å². The van der Waals surface area contributed by atoms with Crippen LogP contribution in [0.15, 0.2) is 84.9 Å². The first-order chi connectivity index (χ1) is 11.3. The van der Waals surface area contributed by atoms with Crippen molar-refractivity contribution in [2.75, 3.05) is 11.4 Å². The quantitative estimate of drug-likeness (QED) is 0.657. The zero-order valence-electron chi connectivity index (χ0n) is 13.4. The van der Waals surface area contributed by atoms with Crippen molar-refractivity contribution in [1.29, 1.82) is 0 Å². The molecule has 3 aromatic rings. The fourth-order valence-electron chi connectivity index (χ4n) is 3.77. The number of benzene rings is 3. The highest BCUT2D eigenvalue weighted by Crippen LogP contribution is 2.45. The SMILES string of the molecule is C[C@]1(c2ccccc2)CN(Cc2ccccc2)c2ccccc21. The van der Waals surface area contributed by atoms with Gasteiger partial charge in [0, 0.05) is 24.2 Å². The Kier molecular flexibility index (Phi) is 3.42. The number of rotatable bonds is 3. The van der Waals surface area contributed by atoms with Crippen molar-refractivity contribution in [3.05, 3.63) is 102 Å². The number of hydrogen-bond donors (Lipinski definition) is 0. The van der Waals surface area contributed by atoms with Crippen LogP contribution in [0, 0.1) is 0 Å². The molecule has 0 amide bonds. The van der Waals surface area contributed by atoms with Crippen LogP contribution in [0.25, 0.3) is 0 Å². The maximum Gasteiger partial charge on any atom is 0.0430 e. The lowest BCUT2D eigenvalue weighted by molar-refractivity contribution is 0.592. The monoisotopic (exact) mass is 299 g/mol. The number of nitrogens with zero attached hydrogens (tertiary/aromatic N) is 1. The van der Waals surface area contributed by atoms with Crippen LogP contribution in [0.3, 0.4) is 0 Å². The Balaban J connectivity index is 1.75. The number of hydrogen-bond acceptors (Lipinski definition) is 1. The maximum absolute atomic E-state index is 2.51. The molecule has 0 fully saturated rings. The van der Waals surface area contributed by atoms with E-state index in [9.17, 15) is 0 Å². The Labute approximate surface area is 138 Å². The van der Waals surface area contributed by atoms with Gasteiger partial charge in [-0.1, -0.05) is 78.9 Å². The number of fused-ring (bicyclic) bond motifs is 1. The predicted octanol–water partition coefficient (Wildman–Crippen LogP) is 5.01. The topological polar surface area (TPSA) is 3.24 Å². The summed E-state index contributed by atoms with van der Waals surface area (Å²) in [4.78, 5) is 2.51. The van der Waals surface area contributed by atoms with Crippen LogP contribution in [-0.4, -0.2) is 6.54 Å². The molecule has 1 nitrogen and oxygen atoms in total. The van der Waals surface area contributed by atoms with Crippen LogP contribution in [-0.2, 0) is 12.0 Å². The molecule has 0 radical (unpaired) electrons. The van der Waals surface area contributed by atoms with E-state index in [0.717, 1.165) is 13.1 Å². The molecule has 0 bridgehead atoms. The van der Waals surface area contributed by atoms with E-state index in [0.29, 0.717) is 0 Å². The Bertz CT molecular complexity index is 794. The van der Waals surface area contributed by atoms with Gasteiger partial charge in [-0.15, -0.1) is 0 Å². The van der Waals surface area contributed by atoms with E-state index in [-0.39, 0.29) is 5.41 Å². The lowest BCUT2D eigenvalue weighted by Gasteiger charge is -2.27. The molecule has 3 aromatic carbocycles. The van der Waals surface area contributed by atoms with Gasteiger partial charge < -0.3 is 4.90 Å². The highest BCUT2D eigenvalue weighted by Gasteiger charge is 2.39. The molecule has 1 heterocycles. The van der Waals surface area contributed by atoms with E-state index in [4.69, 9.17) is 0 Å². The van der Waals surface area contributed by atoms with E-state index in [1.807, 2.05) is 0 Å². The summed E-state index contributed by atoms with van der Waals surface area (Å²) in [7, 11) is 0. The third-order valence-electron chi connectivity index (χ3n) is 4.97. The smallest absolute Gasteiger partial charge is 0.0430 e. The maximum atomic E-state index is 2.51. The van der Waals surface area contributed by atoms with Crippen LogP contribution in [0.5, 0.6) is 0 Å². The Morgan fingerprint density at radius 1 is 0.783 bits per heavy atom. The molecule has 4 rings (SSSR count). The van der Waals surface area contributed by atoms with Crippen LogP contribution in [0.1, 0.15) is 23.6 Å². The highest BCUT2D eigenvalue weighted by atomic mass is 15.2. The molecule has 0 N–H and O–H groups in total. The molecule has 1 aliphatic heterocycles. The Morgan fingerprint density at radius 3 is 2.13 bits per heavy atom. The molecule has 0 spiro atoms. The standard InChI is InChI=1S/C22H21N/c1-22(19-12-6-3-7-13-19)17-23(16-18-10-4-2-5-11-18)21-15-9-8-14-20(21)22/h2-15H,16-17H2,1H3/t22-/m1/s1. The van der Waals surface area contributed by atoms with E-state index in [1.165, 1.54) is 22.4 Å². The summed E-state index contributed by atoms with van der Waals surface area (Å²) >= 11 is 0. The first kappa shape index (κ1) is 14.1. The Hall–Kier alpha value is -2.54. The van der Waals surface area contributed by atoms with E-state index in [2.05, 4.69) is 96.8 Å². The predicted molar refractivity (Wildman–Crippen MR) is 96.8 cm³/mol. The zero-order chi connectivity index (χ0) is 15.7. The average molecular weight is 299 g/mol. The van der Waals surface area contributed by atoms with Gasteiger partial charge in [0.2, 0.25) is 0 Å². The molecule has 114 valence electrons. The molecule has 0 saturated carbocycles. The lowest BCUT2D eigenvalue weighted by Crippen LogP contribution is -2.31. The summed E-state index contributed by atoms with van der Waals surface area (Å²) in [6, 6.07) is 30.5. The molecular weight excluding hydrogens is 278 g/mol. The van der Waals surface area contributed by atoms with Gasteiger partial charge in [0.05, 0.1) is 0 Å². The van der Waals surface area contributed by atoms with E-state index < -0.39 is 0 Å². The van der Waals surface area contributed by atoms with E-state index in [1.54, 1.807) is 0 Å². The zero-order valence-corrected chi connectivity index (χ0v) is 13.4. The van der Waals surface area contributed by atoms with Crippen LogP contribution in [0.4, 0.5) is 5.69 Å². The minimum atomic E-state index is 0.0482. The van der Waals surface area contributed by atoms with Gasteiger partial charge in [0.1, 0.15) is 0 Å². The number of para-hydroxylation sites is 1. The highest BCUT2D eigenvalue weighted by molar-refractivity contribution is 5.65. The molecule has 0 saturated heterocycles. The van der Waals surface area contributed by atoms with Crippen LogP contribution in [0.2, 0.25) is 0 Å². The summed E-state index contributed by atoms with van der Waals surface area (Å²) in [5.74, 6) is 0. The average Bonchev–Trinajstić information content (AvgIpc) is 2.91. The first-order valence-electron chi connectivity index (χ1n) is 8.21. The third kappa shape index (κ3) is 2.43. The molecule has 0 aromatic heterocycles. The van der Waals surface area contributed by atoms with Gasteiger partial charge in [0.15, 0.2) is 0 Å². The van der Waals surface area contributed by atoms with Gasteiger partial charge in [0.25, 0.3) is 0 Å². The van der Waals surface area contributed by atoms with Crippen molar-refractivity contribution in [3.63, 3.8) is 0 Å². The molecule has 0 aliphatic carbocycles. The normalized spacial score (nSPS) is 19.6. The van der Waals surface area contributed by atoms with Crippen molar-refractivity contribution in [2.24, 2.45) is 0 Å². The van der Waals surface area contributed by atoms with Gasteiger partial charge in [-0.25, -0.2) is 0 Å².